The lowest BCUT2D eigenvalue weighted by Gasteiger charge is -2.08. The Bertz CT molecular complexity index is 1210. The van der Waals surface area contributed by atoms with Crippen LogP contribution in [0.4, 0.5) is 5.69 Å². The molecule has 0 saturated carbocycles. The Hall–Kier alpha value is -3.67. The van der Waals surface area contributed by atoms with Crippen molar-refractivity contribution in [2.75, 3.05) is 0 Å². The average molecular weight is 450 g/mol. The second-order valence-corrected chi connectivity index (χ2v) is 8.42. The average Bonchev–Trinajstić information content (AvgIpc) is 2.73. The van der Waals surface area contributed by atoms with E-state index in [1.54, 1.807) is 26.0 Å². The number of benzene rings is 1. The molecule has 0 amide bonds. The van der Waals surface area contributed by atoms with E-state index in [1.165, 1.54) is 12.1 Å². The van der Waals surface area contributed by atoms with Gasteiger partial charge in [0.05, 0.1) is 10.5 Å². The highest BCUT2D eigenvalue weighted by atomic mass is 16.6. The standard InChI is InChI=1S/C27H31NO5/c1-17(7-12-25-21(5)26(29)22(6)27(30)33-25)13-18(2)14-19(3)15-20(4)16-23-8-10-24(11-9-23)28(31)32/h8-11,13-16,29H,7,12H2,1-6H3/b17-13+,18-14+,19-15+,20-16+. The fourth-order valence-electron chi connectivity index (χ4n) is 3.58. The van der Waals surface area contributed by atoms with Crippen molar-refractivity contribution in [3.8, 4) is 5.75 Å². The number of hydrogen-bond donors (Lipinski definition) is 1. The van der Waals surface area contributed by atoms with Gasteiger partial charge in [-0.25, -0.2) is 4.79 Å². The zero-order valence-corrected chi connectivity index (χ0v) is 20.1. The second-order valence-electron chi connectivity index (χ2n) is 8.42. The first-order chi connectivity index (χ1) is 15.5. The fourth-order valence-corrected chi connectivity index (χ4v) is 3.58. The summed E-state index contributed by atoms with van der Waals surface area (Å²) in [5, 5.41) is 20.8. The van der Waals surface area contributed by atoms with Crippen LogP contribution in [0.15, 0.2) is 74.0 Å². The minimum atomic E-state index is -0.497. The Balaban J connectivity index is 2.06. The molecule has 0 aliphatic rings. The lowest BCUT2D eigenvalue weighted by molar-refractivity contribution is -0.384. The number of nitro groups is 1. The maximum Gasteiger partial charge on any atom is 0.342 e. The Morgan fingerprint density at radius 2 is 1.55 bits per heavy atom. The zero-order chi connectivity index (χ0) is 24.7. The monoisotopic (exact) mass is 449 g/mol. The van der Waals surface area contributed by atoms with Gasteiger partial charge in [-0.1, -0.05) is 46.6 Å². The first-order valence-electron chi connectivity index (χ1n) is 10.8. The van der Waals surface area contributed by atoms with Gasteiger partial charge in [0.1, 0.15) is 11.5 Å². The number of non-ortho nitro benzene ring substituents is 1. The third-order valence-corrected chi connectivity index (χ3v) is 5.28. The molecule has 0 unspecified atom stereocenters. The normalized spacial score (nSPS) is 13.4. The molecule has 1 aromatic heterocycles. The fraction of sp³-hybridized carbons (Fsp3) is 0.296. The largest absolute Gasteiger partial charge is 0.507 e. The minimum absolute atomic E-state index is 0.0110. The van der Waals surface area contributed by atoms with Gasteiger partial charge in [0, 0.05) is 24.1 Å². The van der Waals surface area contributed by atoms with Crippen molar-refractivity contribution >= 4 is 11.8 Å². The van der Waals surface area contributed by atoms with Gasteiger partial charge in [-0.15, -0.1) is 0 Å². The first kappa shape index (κ1) is 25.6. The molecule has 6 heteroatoms. The van der Waals surface area contributed by atoms with Crippen LogP contribution in [0.25, 0.3) is 6.08 Å². The van der Waals surface area contributed by atoms with Crippen LogP contribution < -0.4 is 5.63 Å². The molecule has 2 rings (SSSR count). The van der Waals surface area contributed by atoms with Crippen molar-refractivity contribution in [1.29, 1.82) is 0 Å². The summed E-state index contributed by atoms with van der Waals surface area (Å²) in [6.45, 7) is 11.4. The third-order valence-electron chi connectivity index (χ3n) is 5.28. The number of rotatable bonds is 8. The minimum Gasteiger partial charge on any atom is -0.507 e. The molecule has 6 nitrogen and oxygen atoms in total. The molecular weight excluding hydrogens is 418 g/mol. The summed E-state index contributed by atoms with van der Waals surface area (Å²) in [6, 6.07) is 6.46. The van der Waals surface area contributed by atoms with Gasteiger partial charge in [0.15, 0.2) is 0 Å². The predicted molar refractivity (Wildman–Crippen MR) is 132 cm³/mol. The van der Waals surface area contributed by atoms with Gasteiger partial charge in [0.25, 0.3) is 5.69 Å². The highest BCUT2D eigenvalue weighted by Crippen LogP contribution is 2.23. The molecule has 0 spiro atoms. The van der Waals surface area contributed by atoms with Crippen molar-refractivity contribution in [3.05, 3.63) is 108 Å². The molecule has 1 N–H and O–H groups in total. The van der Waals surface area contributed by atoms with E-state index in [9.17, 15) is 20.0 Å². The van der Waals surface area contributed by atoms with E-state index in [2.05, 4.69) is 18.2 Å². The zero-order valence-electron chi connectivity index (χ0n) is 20.1. The van der Waals surface area contributed by atoms with Crippen LogP contribution in [0.3, 0.4) is 0 Å². The van der Waals surface area contributed by atoms with Gasteiger partial charge < -0.3 is 9.52 Å². The molecule has 0 fully saturated rings. The van der Waals surface area contributed by atoms with Crippen LogP contribution in [0.5, 0.6) is 5.75 Å². The Morgan fingerprint density at radius 1 is 0.970 bits per heavy atom. The van der Waals surface area contributed by atoms with Crippen LogP contribution in [-0.2, 0) is 6.42 Å². The van der Waals surface area contributed by atoms with Crippen molar-refractivity contribution in [3.63, 3.8) is 0 Å². The molecule has 0 bridgehead atoms. The van der Waals surface area contributed by atoms with E-state index in [0.717, 1.165) is 27.9 Å². The summed E-state index contributed by atoms with van der Waals surface area (Å²) in [4.78, 5) is 22.2. The van der Waals surface area contributed by atoms with Crippen LogP contribution in [0.2, 0.25) is 0 Å². The van der Waals surface area contributed by atoms with Crippen molar-refractivity contribution in [1.82, 2.24) is 0 Å². The first-order valence-corrected chi connectivity index (χ1v) is 10.8. The highest BCUT2D eigenvalue weighted by Gasteiger charge is 2.12. The molecule has 0 radical (unpaired) electrons. The third kappa shape index (κ3) is 7.45. The van der Waals surface area contributed by atoms with Gasteiger partial charge in [-0.3, -0.25) is 10.1 Å². The van der Waals surface area contributed by atoms with Gasteiger partial charge in [0.2, 0.25) is 0 Å². The summed E-state index contributed by atoms with van der Waals surface area (Å²) >= 11 is 0. The van der Waals surface area contributed by atoms with E-state index < -0.39 is 10.5 Å². The Morgan fingerprint density at radius 3 is 2.15 bits per heavy atom. The summed E-state index contributed by atoms with van der Waals surface area (Å²) in [7, 11) is 0. The predicted octanol–water partition coefficient (Wildman–Crippen LogP) is 6.75. The molecule has 1 aromatic carbocycles. The maximum atomic E-state index is 11.8. The molecule has 0 aliphatic carbocycles. The summed E-state index contributed by atoms with van der Waals surface area (Å²) in [6.07, 6.45) is 9.45. The van der Waals surface area contributed by atoms with Crippen LogP contribution in [0, 0.1) is 24.0 Å². The van der Waals surface area contributed by atoms with Crippen LogP contribution in [0.1, 0.15) is 56.6 Å². The number of nitro benzene ring substituents is 1. The van der Waals surface area contributed by atoms with Crippen LogP contribution >= 0.6 is 0 Å². The van der Waals surface area contributed by atoms with E-state index in [4.69, 9.17) is 4.42 Å². The molecule has 1 heterocycles. The van der Waals surface area contributed by atoms with E-state index in [0.29, 0.717) is 24.2 Å². The molecule has 0 saturated heterocycles. The Kier molecular flexibility index (Phi) is 8.74. The number of nitrogens with zero attached hydrogens (tertiary/aromatic N) is 1. The molecule has 33 heavy (non-hydrogen) atoms. The summed E-state index contributed by atoms with van der Waals surface area (Å²) in [5.74, 6) is 0.525. The smallest absolute Gasteiger partial charge is 0.342 e. The van der Waals surface area contributed by atoms with E-state index in [1.807, 2.05) is 33.8 Å². The quantitative estimate of drug-likeness (QED) is 0.273. The maximum absolute atomic E-state index is 11.8. The number of aromatic hydroxyl groups is 1. The molecular formula is C27H31NO5. The number of aryl methyl sites for hydroxylation is 1. The molecule has 0 aliphatic heterocycles. The van der Waals surface area contributed by atoms with Crippen molar-refractivity contribution in [2.24, 2.45) is 0 Å². The van der Waals surface area contributed by atoms with Gasteiger partial charge in [-0.2, -0.15) is 0 Å². The van der Waals surface area contributed by atoms with Crippen LogP contribution in [-0.4, -0.2) is 10.0 Å². The van der Waals surface area contributed by atoms with Gasteiger partial charge in [-0.05, 0) is 65.7 Å². The van der Waals surface area contributed by atoms with Crippen molar-refractivity contribution < 1.29 is 14.4 Å². The van der Waals surface area contributed by atoms with E-state index >= 15 is 0 Å². The van der Waals surface area contributed by atoms with Gasteiger partial charge >= 0.3 is 5.63 Å². The van der Waals surface area contributed by atoms with E-state index in [-0.39, 0.29) is 17.0 Å². The molecule has 0 atom stereocenters. The molecule has 174 valence electrons. The number of hydrogen-bond acceptors (Lipinski definition) is 5. The number of allylic oxidation sites excluding steroid dienone is 7. The topological polar surface area (TPSA) is 93.6 Å². The lowest BCUT2D eigenvalue weighted by Crippen LogP contribution is -2.07. The lowest BCUT2D eigenvalue weighted by atomic mass is 10.0. The van der Waals surface area contributed by atoms with Crippen molar-refractivity contribution in [2.45, 2.75) is 54.4 Å². The second kappa shape index (κ2) is 11.3. The Labute approximate surface area is 194 Å². The summed E-state index contributed by atoms with van der Waals surface area (Å²) < 4.78 is 5.34. The molecule has 2 aromatic rings. The summed E-state index contributed by atoms with van der Waals surface area (Å²) in [5.41, 5.74) is 5.68. The highest BCUT2D eigenvalue weighted by molar-refractivity contribution is 5.57. The SMILES string of the molecule is CC(=C\C(C)=C\c1ccc([N+](=O)[O-])cc1)/C=C(C)/C=C(\C)CCc1oc(=O)c(C)c(O)c1C.